The Morgan fingerprint density at radius 3 is 2.79 bits per heavy atom. The molecule has 0 bridgehead atoms. The standard InChI is InChI=1S/C16H19NS2/c1-11-2-4-12(5-3-11)8-14(17)16-9-13-10-18-7-6-15(13)19-16/h2-5,9,14H,6-8,10,17H2,1H3. The lowest BCUT2D eigenvalue weighted by Gasteiger charge is -2.09. The summed E-state index contributed by atoms with van der Waals surface area (Å²) in [5.41, 5.74) is 10.5. The molecule has 0 spiro atoms. The molecule has 1 aromatic carbocycles. The van der Waals surface area contributed by atoms with Crippen molar-refractivity contribution in [3.8, 4) is 0 Å². The van der Waals surface area contributed by atoms with Crippen LogP contribution in [0, 0.1) is 6.92 Å². The summed E-state index contributed by atoms with van der Waals surface area (Å²) in [5, 5.41) is 0. The first-order chi connectivity index (χ1) is 9.22. The van der Waals surface area contributed by atoms with Crippen molar-refractivity contribution in [2.75, 3.05) is 5.75 Å². The monoisotopic (exact) mass is 289 g/mol. The molecular weight excluding hydrogens is 270 g/mol. The number of nitrogens with two attached hydrogens (primary N) is 1. The largest absolute Gasteiger partial charge is 0.323 e. The highest BCUT2D eigenvalue weighted by atomic mass is 32.2. The maximum Gasteiger partial charge on any atom is 0.0430 e. The number of fused-ring (bicyclic) bond motifs is 1. The van der Waals surface area contributed by atoms with Gasteiger partial charge >= 0.3 is 0 Å². The number of rotatable bonds is 3. The van der Waals surface area contributed by atoms with Gasteiger partial charge in [0.15, 0.2) is 0 Å². The molecule has 19 heavy (non-hydrogen) atoms. The topological polar surface area (TPSA) is 26.0 Å². The van der Waals surface area contributed by atoms with E-state index in [1.165, 1.54) is 39.5 Å². The minimum absolute atomic E-state index is 0.142. The van der Waals surface area contributed by atoms with E-state index in [9.17, 15) is 0 Å². The normalized spacial score (nSPS) is 16.1. The van der Waals surface area contributed by atoms with Gasteiger partial charge in [0.1, 0.15) is 0 Å². The lowest BCUT2D eigenvalue weighted by molar-refractivity contribution is 0.736. The average molecular weight is 289 g/mol. The second-order valence-electron chi connectivity index (χ2n) is 5.20. The van der Waals surface area contributed by atoms with Crippen LogP contribution in [-0.2, 0) is 18.6 Å². The van der Waals surface area contributed by atoms with Crippen molar-refractivity contribution < 1.29 is 0 Å². The molecule has 2 heterocycles. The molecule has 3 heteroatoms. The molecule has 0 amide bonds. The number of hydrogen-bond acceptors (Lipinski definition) is 3. The van der Waals surface area contributed by atoms with Crippen LogP contribution in [0.5, 0.6) is 0 Å². The fourth-order valence-corrected chi connectivity index (χ4v) is 4.81. The number of hydrogen-bond donors (Lipinski definition) is 1. The molecule has 1 aliphatic rings. The van der Waals surface area contributed by atoms with Crippen molar-refractivity contribution in [2.24, 2.45) is 5.73 Å². The summed E-state index contributed by atoms with van der Waals surface area (Å²) in [7, 11) is 0. The van der Waals surface area contributed by atoms with Crippen LogP contribution in [0.4, 0.5) is 0 Å². The van der Waals surface area contributed by atoms with Crippen LogP contribution in [0.3, 0.4) is 0 Å². The number of benzene rings is 1. The third-order valence-corrected chi connectivity index (χ3v) is 5.97. The molecule has 2 aromatic rings. The molecule has 0 radical (unpaired) electrons. The van der Waals surface area contributed by atoms with E-state index in [-0.39, 0.29) is 6.04 Å². The predicted octanol–water partition coefficient (Wildman–Crippen LogP) is 4.09. The molecule has 3 rings (SSSR count). The van der Waals surface area contributed by atoms with E-state index in [4.69, 9.17) is 5.73 Å². The van der Waals surface area contributed by atoms with Gasteiger partial charge in [-0.25, -0.2) is 0 Å². The minimum atomic E-state index is 0.142. The maximum atomic E-state index is 6.38. The molecule has 0 saturated carbocycles. The third kappa shape index (κ3) is 3.04. The number of thiophene rings is 1. The Balaban J connectivity index is 1.74. The minimum Gasteiger partial charge on any atom is -0.323 e. The Bertz CT molecular complexity index is 533. The van der Waals surface area contributed by atoms with Crippen LogP contribution in [0.1, 0.15) is 32.5 Å². The SMILES string of the molecule is Cc1ccc(CC(N)c2cc3c(s2)CCSC3)cc1. The van der Waals surface area contributed by atoms with Crippen molar-refractivity contribution in [2.45, 2.75) is 31.6 Å². The van der Waals surface area contributed by atoms with Gasteiger partial charge in [0, 0.05) is 21.5 Å². The van der Waals surface area contributed by atoms with Gasteiger partial charge in [0.2, 0.25) is 0 Å². The first-order valence-electron chi connectivity index (χ1n) is 6.73. The van der Waals surface area contributed by atoms with E-state index >= 15 is 0 Å². The Labute approximate surface area is 123 Å². The molecule has 1 unspecified atom stereocenters. The number of thioether (sulfide) groups is 1. The first kappa shape index (κ1) is 13.2. The van der Waals surface area contributed by atoms with Gasteiger partial charge in [0.05, 0.1) is 0 Å². The summed E-state index contributed by atoms with van der Waals surface area (Å²) in [6, 6.07) is 11.2. The second kappa shape index (κ2) is 5.70. The van der Waals surface area contributed by atoms with Gasteiger partial charge in [-0.1, -0.05) is 29.8 Å². The molecule has 2 N–H and O–H groups in total. The van der Waals surface area contributed by atoms with Crippen molar-refractivity contribution in [1.82, 2.24) is 0 Å². The van der Waals surface area contributed by atoms with E-state index in [0.29, 0.717) is 0 Å². The van der Waals surface area contributed by atoms with Crippen LogP contribution in [0.15, 0.2) is 30.3 Å². The molecule has 1 atom stereocenters. The number of aryl methyl sites for hydroxylation is 2. The summed E-state index contributed by atoms with van der Waals surface area (Å²) in [6.45, 7) is 2.12. The molecule has 100 valence electrons. The molecule has 1 aliphatic heterocycles. The van der Waals surface area contributed by atoms with Crippen molar-refractivity contribution >= 4 is 23.1 Å². The highest BCUT2D eigenvalue weighted by Crippen LogP contribution is 2.34. The maximum absolute atomic E-state index is 6.38. The lowest BCUT2D eigenvalue weighted by atomic mass is 10.0. The summed E-state index contributed by atoms with van der Waals surface area (Å²) in [6.07, 6.45) is 2.16. The first-order valence-corrected chi connectivity index (χ1v) is 8.70. The van der Waals surface area contributed by atoms with Crippen LogP contribution >= 0.6 is 23.1 Å². The molecule has 0 fully saturated rings. The van der Waals surface area contributed by atoms with Crippen molar-refractivity contribution in [3.63, 3.8) is 0 Å². The smallest absolute Gasteiger partial charge is 0.0430 e. The molecule has 1 aromatic heterocycles. The molecular formula is C16H19NS2. The lowest BCUT2D eigenvalue weighted by Crippen LogP contribution is -2.11. The Morgan fingerprint density at radius 2 is 2.05 bits per heavy atom. The van der Waals surface area contributed by atoms with E-state index in [1.807, 2.05) is 23.1 Å². The van der Waals surface area contributed by atoms with Gasteiger partial charge in [-0.2, -0.15) is 11.8 Å². The van der Waals surface area contributed by atoms with Gasteiger partial charge < -0.3 is 5.73 Å². The van der Waals surface area contributed by atoms with Crippen molar-refractivity contribution in [1.29, 1.82) is 0 Å². The van der Waals surface area contributed by atoms with Gasteiger partial charge in [-0.3, -0.25) is 0 Å². The summed E-state index contributed by atoms with van der Waals surface area (Å²) >= 11 is 3.96. The van der Waals surface area contributed by atoms with Crippen LogP contribution in [0.25, 0.3) is 0 Å². The summed E-state index contributed by atoms with van der Waals surface area (Å²) in [5.74, 6) is 2.43. The zero-order valence-corrected chi connectivity index (χ0v) is 12.8. The Morgan fingerprint density at radius 1 is 1.26 bits per heavy atom. The third-order valence-electron chi connectivity index (χ3n) is 3.59. The van der Waals surface area contributed by atoms with E-state index in [0.717, 1.165) is 6.42 Å². The predicted molar refractivity (Wildman–Crippen MR) is 86.0 cm³/mol. The zero-order chi connectivity index (χ0) is 13.2. The van der Waals surface area contributed by atoms with Crippen LogP contribution < -0.4 is 5.73 Å². The van der Waals surface area contributed by atoms with Crippen LogP contribution in [-0.4, -0.2) is 5.75 Å². The van der Waals surface area contributed by atoms with E-state index < -0.39 is 0 Å². The molecule has 0 saturated heterocycles. The molecule has 1 nitrogen and oxygen atoms in total. The van der Waals surface area contributed by atoms with Gasteiger partial charge in [0.25, 0.3) is 0 Å². The summed E-state index contributed by atoms with van der Waals surface area (Å²) < 4.78 is 0. The zero-order valence-electron chi connectivity index (χ0n) is 11.2. The van der Waals surface area contributed by atoms with Gasteiger partial charge in [-0.15, -0.1) is 11.3 Å². The highest BCUT2D eigenvalue weighted by Gasteiger charge is 2.17. The highest BCUT2D eigenvalue weighted by molar-refractivity contribution is 7.98. The average Bonchev–Trinajstić information content (AvgIpc) is 2.85. The fraction of sp³-hybridized carbons (Fsp3) is 0.375. The fourth-order valence-electron chi connectivity index (χ4n) is 2.43. The summed E-state index contributed by atoms with van der Waals surface area (Å²) in [4.78, 5) is 2.92. The Hall–Kier alpha value is -0.770. The Kier molecular flexibility index (Phi) is 3.96. The van der Waals surface area contributed by atoms with Crippen LogP contribution in [0.2, 0.25) is 0 Å². The van der Waals surface area contributed by atoms with Gasteiger partial charge in [-0.05, 0) is 42.7 Å². The van der Waals surface area contributed by atoms with E-state index in [2.05, 4.69) is 37.3 Å². The quantitative estimate of drug-likeness (QED) is 0.921. The van der Waals surface area contributed by atoms with E-state index in [1.54, 1.807) is 4.88 Å². The second-order valence-corrected chi connectivity index (χ2v) is 7.47. The van der Waals surface area contributed by atoms with Crippen molar-refractivity contribution in [3.05, 3.63) is 56.8 Å². The molecule has 0 aliphatic carbocycles.